The van der Waals surface area contributed by atoms with E-state index in [0.717, 1.165) is 36.0 Å². The number of ether oxygens (including phenoxy) is 2. The van der Waals surface area contributed by atoms with Crippen LogP contribution >= 0.6 is 33.3 Å². The van der Waals surface area contributed by atoms with Gasteiger partial charge in [0, 0.05) is 42.6 Å². The summed E-state index contributed by atoms with van der Waals surface area (Å²) in [6.45, 7) is 8.26. The van der Waals surface area contributed by atoms with Crippen molar-refractivity contribution in [2.24, 2.45) is 5.92 Å². The Hall–Kier alpha value is -0.0500. The third-order valence-electron chi connectivity index (χ3n) is 2.86. The minimum atomic E-state index is -0.145. The van der Waals surface area contributed by atoms with Gasteiger partial charge in [-0.25, -0.2) is 0 Å². The van der Waals surface area contributed by atoms with Crippen LogP contribution in [0.5, 0.6) is 0 Å². The zero-order valence-electron chi connectivity index (χ0n) is 15.7. The Morgan fingerprint density at radius 1 is 1.04 bits per heavy atom. The van der Waals surface area contributed by atoms with E-state index in [1.807, 2.05) is 28.5 Å². The van der Waals surface area contributed by atoms with Gasteiger partial charge >= 0.3 is 5.97 Å². The number of esters is 1. The van der Waals surface area contributed by atoms with E-state index in [0.29, 0.717) is 38.6 Å². The van der Waals surface area contributed by atoms with E-state index < -0.39 is 0 Å². The maximum Gasteiger partial charge on any atom is 0.306 e. The van der Waals surface area contributed by atoms with Gasteiger partial charge in [0.05, 0.1) is 13.0 Å². The predicted molar refractivity (Wildman–Crippen MR) is 111 cm³/mol. The highest BCUT2D eigenvalue weighted by molar-refractivity contribution is 8.76. The molecule has 0 aromatic carbocycles. The summed E-state index contributed by atoms with van der Waals surface area (Å²) in [4.78, 5) is 22.9. The van der Waals surface area contributed by atoms with Gasteiger partial charge in [0.2, 0.25) is 5.91 Å². The fourth-order valence-electron chi connectivity index (χ4n) is 1.70. The van der Waals surface area contributed by atoms with Crippen molar-refractivity contribution in [2.75, 3.05) is 49.4 Å². The first-order valence-electron chi connectivity index (χ1n) is 8.88. The molecule has 0 saturated carbocycles. The second-order valence-electron chi connectivity index (χ2n) is 5.73. The molecule has 25 heavy (non-hydrogen) atoms. The number of hydrogen-bond donors (Lipinski definition) is 1. The Kier molecular flexibility index (Phi) is 18.7. The van der Waals surface area contributed by atoms with Gasteiger partial charge in [-0.3, -0.25) is 9.59 Å². The zero-order valence-corrected chi connectivity index (χ0v) is 18.2. The molecule has 1 amide bonds. The van der Waals surface area contributed by atoms with Crippen LogP contribution in [-0.4, -0.2) is 61.3 Å². The molecule has 0 saturated heterocycles. The third kappa shape index (κ3) is 20.1. The van der Waals surface area contributed by atoms with Crippen LogP contribution in [0, 0.1) is 5.92 Å². The number of hydrogen-bond acceptors (Lipinski definition) is 7. The third-order valence-corrected chi connectivity index (χ3v) is 6.60. The van der Waals surface area contributed by atoms with Crippen molar-refractivity contribution >= 4 is 45.2 Å². The van der Waals surface area contributed by atoms with Gasteiger partial charge in [0.15, 0.2) is 0 Å². The van der Waals surface area contributed by atoms with E-state index in [4.69, 9.17) is 9.47 Å². The number of carbonyl (C=O) groups excluding carboxylic acids is 2. The largest absolute Gasteiger partial charge is 0.463 e. The van der Waals surface area contributed by atoms with E-state index in [9.17, 15) is 9.59 Å². The first kappa shape index (κ1) is 24.9. The van der Waals surface area contributed by atoms with Crippen LogP contribution in [0.3, 0.4) is 0 Å². The van der Waals surface area contributed by atoms with Gasteiger partial charge in [-0.15, -0.1) is 0 Å². The van der Waals surface area contributed by atoms with Gasteiger partial charge in [0.25, 0.3) is 0 Å². The average molecular weight is 412 g/mol. The van der Waals surface area contributed by atoms with E-state index in [-0.39, 0.29) is 11.9 Å². The summed E-state index contributed by atoms with van der Waals surface area (Å²) in [5.41, 5.74) is 0. The number of thioether (sulfide) groups is 1. The molecule has 0 aromatic rings. The lowest BCUT2D eigenvalue weighted by Gasteiger charge is -2.07. The van der Waals surface area contributed by atoms with Gasteiger partial charge < -0.3 is 14.8 Å². The van der Waals surface area contributed by atoms with Crippen LogP contribution in [-0.2, 0) is 19.1 Å². The lowest BCUT2D eigenvalue weighted by molar-refractivity contribution is -0.144. The topological polar surface area (TPSA) is 64.6 Å². The molecule has 0 aliphatic carbocycles. The van der Waals surface area contributed by atoms with Crippen molar-refractivity contribution in [1.82, 2.24) is 5.32 Å². The van der Waals surface area contributed by atoms with E-state index in [2.05, 4.69) is 19.2 Å². The summed E-state index contributed by atoms with van der Waals surface area (Å²) in [5, 5.41) is 2.95. The highest BCUT2D eigenvalue weighted by atomic mass is 33.1. The van der Waals surface area contributed by atoms with Crippen LogP contribution in [0.1, 0.15) is 40.0 Å². The molecule has 0 aromatic heterocycles. The Morgan fingerprint density at radius 2 is 1.80 bits per heavy atom. The van der Waals surface area contributed by atoms with E-state index in [1.165, 1.54) is 0 Å². The summed E-state index contributed by atoms with van der Waals surface area (Å²) >= 11 is 1.78. The molecule has 0 fully saturated rings. The summed E-state index contributed by atoms with van der Waals surface area (Å²) < 4.78 is 10.2. The first-order chi connectivity index (χ1) is 12.1. The molecule has 148 valence electrons. The van der Waals surface area contributed by atoms with Crippen molar-refractivity contribution in [3.63, 3.8) is 0 Å². The SMILES string of the molecule is CCOCCOC(=O)CCSCCSSCCCNC(=O)CC(C)C. The zero-order chi connectivity index (χ0) is 18.8. The van der Waals surface area contributed by atoms with E-state index >= 15 is 0 Å². The first-order valence-corrected chi connectivity index (χ1v) is 12.5. The molecule has 0 atom stereocenters. The molecule has 0 bridgehead atoms. The Bertz CT molecular complexity index is 344. The van der Waals surface area contributed by atoms with Crippen LogP contribution in [0.4, 0.5) is 0 Å². The molecule has 5 nitrogen and oxygen atoms in total. The lowest BCUT2D eigenvalue weighted by atomic mass is 10.1. The molecule has 8 heteroatoms. The molecular weight excluding hydrogens is 378 g/mol. The summed E-state index contributed by atoms with van der Waals surface area (Å²) in [6.07, 6.45) is 2.08. The van der Waals surface area contributed by atoms with Crippen molar-refractivity contribution in [3.8, 4) is 0 Å². The van der Waals surface area contributed by atoms with Gasteiger partial charge in [0.1, 0.15) is 6.61 Å². The van der Waals surface area contributed by atoms with Crippen LogP contribution in [0.2, 0.25) is 0 Å². The molecular formula is C17H33NO4S3. The predicted octanol–water partition coefficient (Wildman–Crippen LogP) is 3.62. The Morgan fingerprint density at radius 3 is 2.52 bits per heavy atom. The maximum atomic E-state index is 11.5. The fraction of sp³-hybridized carbons (Fsp3) is 0.882. The second-order valence-corrected chi connectivity index (χ2v) is 9.65. The highest BCUT2D eigenvalue weighted by Gasteiger charge is 2.04. The van der Waals surface area contributed by atoms with Gasteiger partial charge in [-0.2, -0.15) is 11.8 Å². The van der Waals surface area contributed by atoms with Crippen LogP contribution in [0.15, 0.2) is 0 Å². The average Bonchev–Trinajstić information content (AvgIpc) is 2.56. The van der Waals surface area contributed by atoms with Crippen molar-refractivity contribution in [3.05, 3.63) is 0 Å². The summed E-state index contributed by atoms with van der Waals surface area (Å²) in [7, 11) is 3.70. The maximum absolute atomic E-state index is 11.5. The van der Waals surface area contributed by atoms with Crippen molar-refractivity contribution in [1.29, 1.82) is 0 Å². The molecule has 0 spiro atoms. The Balaban J connectivity index is 3.21. The number of amides is 1. The minimum absolute atomic E-state index is 0.145. The smallest absolute Gasteiger partial charge is 0.306 e. The standard InChI is InChI=1S/C17H33NO4S3/c1-4-21-8-9-22-17(20)6-11-23-12-13-25-24-10-5-7-18-16(19)14-15(2)3/h15H,4-14H2,1-3H3,(H,18,19). The Labute approximate surface area is 164 Å². The molecule has 0 unspecified atom stereocenters. The molecule has 0 radical (unpaired) electrons. The lowest BCUT2D eigenvalue weighted by Crippen LogP contribution is -2.25. The quantitative estimate of drug-likeness (QED) is 0.223. The molecule has 1 N–H and O–H groups in total. The number of nitrogens with one attached hydrogen (secondary N) is 1. The molecule has 0 heterocycles. The van der Waals surface area contributed by atoms with Gasteiger partial charge in [-0.05, 0) is 19.3 Å². The van der Waals surface area contributed by atoms with Crippen molar-refractivity contribution in [2.45, 2.75) is 40.0 Å². The monoisotopic (exact) mass is 411 g/mol. The van der Waals surface area contributed by atoms with E-state index in [1.54, 1.807) is 11.8 Å². The summed E-state index contributed by atoms with van der Waals surface area (Å²) in [6, 6.07) is 0. The highest BCUT2D eigenvalue weighted by Crippen LogP contribution is 2.23. The molecule has 0 aliphatic heterocycles. The van der Waals surface area contributed by atoms with Gasteiger partial charge in [-0.1, -0.05) is 35.4 Å². The van der Waals surface area contributed by atoms with Crippen molar-refractivity contribution < 1.29 is 19.1 Å². The fourth-order valence-corrected chi connectivity index (χ4v) is 5.13. The second kappa shape index (κ2) is 18.7. The molecule has 0 aliphatic rings. The van der Waals surface area contributed by atoms with Crippen LogP contribution in [0.25, 0.3) is 0 Å². The number of rotatable bonds is 17. The molecule has 0 rings (SSSR count). The summed E-state index contributed by atoms with van der Waals surface area (Å²) in [5.74, 6) is 4.38. The minimum Gasteiger partial charge on any atom is -0.463 e. The number of carbonyl (C=O) groups is 2. The van der Waals surface area contributed by atoms with Crippen LogP contribution < -0.4 is 5.32 Å². The normalized spacial score (nSPS) is 10.9.